The molecule has 2 unspecified atom stereocenters. The predicted molar refractivity (Wildman–Crippen MR) is 121 cm³/mol. The zero-order valence-electron chi connectivity index (χ0n) is 16.5. The van der Waals surface area contributed by atoms with E-state index in [0.29, 0.717) is 12.0 Å². The molecule has 1 saturated carbocycles. The van der Waals surface area contributed by atoms with Crippen LogP contribution in [0.5, 0.6) is 0 Å². The number of nitrogens with zero attached hydrogens (tertiary/aromatic N) is 1. The van der Waals surface area contributed by atoms with Crippen LogP contribution in [0.15, 0.2) is 85.1 Å². The maximum Gasteiger partial charge on any atom is 0.0541 e. The zero-order valence-corrected chi connectivity index (χ0v) is 17.4. The fourth-order valence-electron chi connectivity index (χ4n) is 4.50. The molecule has 28 heavy (non-hydrogen) atoms. The van der Waals surface area contributed by atoms with E-state index in [1.54, 1.807) is 0 Å². The normalized spacial score (nSPS) is 20.4. The Hall–Kier alpha value is -2.02. The highest BCUT2D eigenvalue weighted by Crippen LogP contribution is 2.50. The predicted octanol–water partition coefficient (Wildman–Crippen LogP) is 4.86. The van der Waals surface area contributed by atoms with Gasteiger partial charge in [-0.25, -0.2) is 0 Å². The number of hydrogen-bond donors (Lipinski definition) is 1. The maximum absolute atomic E-state index is 4.47. The smallest absolute Gasteiger partial charge is 0.0541 e. The molecule has 144 valence electrons. The number of aromatic nitrogens is 1. The van der Waals surface area contributed by atoms with Gasteiger partial charge in [0.25, 0.3) is 0 Å². The Bertz CT molecular complexity index is 799. The summed E-state index contributed by atoms with van der Waals surface area (Å²) in [6.45, 7) is 3.22. The second kappa shape index (κ2) is 9.45. The third kappa shape index (κ3) is 4.51. The molecule has 1 aromatic heterocycles. The molecule has 4 rings (SSSR count). The lowest BCUT2D eigenvalue weighted by atomic mass is 9.99. The van der Waals surface area contributed by atoms with Gasteiger partial charge < -0.3 is 5.32 Å². The summed E-state index contributed by atoms with van der Waals surface area (Å²) in [7, 11) is -0.344. The third-order valence-corrected chi connectivity index (χ3v) is 8.92. The maximum atomic E-state index is 4.47. The van der Waals surface area contributed by atoms with Crippen molar-refractivity contribution in [3.05, 3.63) is 90.8 Å². The first-order valence-corrected chi connectivity index (χ1v) is 11.8. The fourth-order valence-corrected chi connectivity index (χ4v) is 7.78. The zero-order chi connectivity index (χ0) is 19.2. The Labute approximate surface area is 170 Å². The SMILES string of the molecule is C[C@H](NCc1ccccn1)C1CCCC1P(c1ccccc1)c1ccccc1. The monoisotopic (exact) mass is 388 g/mol. The fraction of sp³-hybridized carbons (Fsp3) is 0.320. The van der Waals surface area contributed by atoms with Gasteiger partial charge in [-0.2, -0.15) is 0 Å². The van der Waals surface area contributed by atoms with Crippen LogP contribution >= 0.6 is 7.92 Å². The first-order valence-electron chi connectivity index (χ1n) is 10.4. The van der Waals surface area contributed by atoms with Crippen LogP contribution in [-0.2, 0) is 6.54 Å². The minimum atomic E-state index is -0.344. The van der Waals surface area contributed by atoms with Crippen molar-refractivity contribution in [2.24, 2.45) is 5.92 Å². The molecule has 3 heteroatoms. The Morgan fingerprint density at radius 1 is 0.893 bits per heavy atom. The van der Waals surface area contributed by atoms with Crippen LogP contribution in [0.4, 0.5) is 0 Å². The van der Waals surface area contributed by atoms with Crippen LogP contribution in [-0.4, -0.2) is 16.7 Å². The molecule has 0 saturated heterocycles. The lowest BCUT2D eigenvalue weighted by molar-refractivity contribution is 0.384. The van der Waals surface area contributed by atoms with Gasteiger partial charge in [-0.05, 0) is 62.0 Å². The van der Waals surface area contributed by atoms with Gasteiger partial charge in [0.05, 0.1) is 5.69 Å². The highest BCUT2D eigenvalue weighted by Gasteiger charge is 2.37. The Morgan fingerprint density at radius 2 is 1.54 bits per heavy atom. The quantitative estimate of drug-likeness (QED) is 0.585. The minimum absolute atomic E-state index is 0.344. The minimum Gasteiger partial charge on any atom is -0.308 e. The van der Waals surface area contributed by atoms with Gasteiger partial charge in [0.2, 0.25) is 0 Å². The average molecular weight is 388 g/mol. The van der Waals surface area contributed by atoms with Gasteiger partial charge in [-0.3, -0.25) is 4.98 Å². The van der Waals surface area contributed by atoms with Gasteiger partial charge in [-0.1, -0.05) is 73.2 Å². The van der Waals surface area contributed by atoms with Crippen molar-refractivity contribution in [1.29, 1.82) is 0 Å². The van der Waals surface area contributed by atoms with Crippen molar-refractivity contribution >= 4 is 18.5 Å². The summed E-state index contributed by atoms with van der Waals surface area (Å²) < 4.78 is 0. The summed E-state index contributed by atoms with van der Waals surface area (Å²) >= 11 is 0. The molecule has 0 amide bonds. The molecule has 3 aromatic rings. The molecular weight excluding hydrogens is 359 g/mol. The van der Waals surface area contributed by atoms with Crippen molar-refractivity contribution in [2.75, 3.05) is 0 Å². The van der Waals surface area contributed by atoms with Crippen molar-refractivity contribution in [3.8, 4) is 0 Å². The van der Waals surface area contributed by atoms with Crippen LogP contribution in [0, 0.1) is 5.92 Å². The number of benzene rings is 2. The van der Waals surface area contributed by atoms with E-state index in [2.05, 4.69) is 90.0 Å². The second-order valence-corrected chi connectivity index (χ2v) is 10.1. The molecule has 1 heterocycles. The van der Waals surface area contributed by atoms with E-state index in [4.69, 9.17) is 0 Å². The first-order chi connectivity index (χ1) is 13.8. The lowest BCUT2D eigenvalue weighted by Gasteiger charge is -2.33. The number of pyridine rings is 1. The number of nitrogens with one attached hydrogen (secondary N) is 1. The third-order valence-electron chi connectivity index (χ3n) is 5.91. The molecule has 1 fully saturated rings. The largest absolute Gasteiger partial charge is 0.308 e. The molecule has 0 aliphatic heterocycles. The molecule has 1 aliphatic carbocycles. The van der Waals surface area contributed by atoms with Crippen LogP contribution in [0.1, 0.15) is 31.9 Å². The molecular formula is C25H29N2P. The van der Waals surface area contributed by atoms with E-state index >= 15 is 0 Å². The Kier molecular flexibility index (Phi) is 6.52. The highest BCUT2D eigenvalue weighted by molar-refractivity contribution is 7.73. The van der Waals surface area contributed by atoms with Gasteiger partial charge >= 0.3 is 0 Å². The molecule has 3 atom stereocenters. The van der Waals surface area contributed by atoms with Gasteiger partial charge in [-0.15, -0.1) is 0 Å². The molecule has 0 bridgehead atoms. The molecule has 0 spiro atoms. The first kappa shape index (κ1) is 19.3. The van der Waals surface area contributed by atoms with Crippen molar-refractivity contribution in [1.82, 2.24) is 10.3 Å². The van der Waals surface area contributed by atoms with Crippen LogP contribution < -0.4 is 15.9 Å². The van der Waals surface area contributed by atoms with Gasteiger partial charge in [0.1, 0.15) is 0 Å². The van der Waals surface area contributed by atoms with Crippen LogP contribution in [0.3, 0.4) is 0 Å². The van der Waals surface area contributed by atoms with Crippen LogP contribution in [0.2, 0.25) is 0 Å². The molecule has 1 N–H and O–H groups in total. The summed E-state index contributed by atoms with van der Waals surface area (Å²) in [5.41, 5.74) is 1.85. The molecule has 2 nitrogen and oxygen atoms in total. The Balaban J connectivity index is 1.55. The summed E-state index contributed by atoms with van der Waals surface area (Å²) in [6, 6.07) is 29.0. The van der Waals surface area contributed by atoms with E-state index in [1.807, 2.05) is 12.3 Å². The molecule has 1 aliphatic rings. The summed E-state index contributed by atoms with van der Waals surface area (Å²) in [5, 5.41) is 6.80. The van der Waals surface area contributed by atoms with E-state index in [-0.39, 0.29) is 7.92 Å². The second-order valence-electron chi connectivity index (χ2n) is 7.69. The Morgan fingerprint density at radius 3 is 2.14 bits per heavy atom. The average Bonchev–Trinajstić information content (AvgIpc) is 3.24. The standard InChI is InChI=1S/C25H29N2P/c1-20(27-19-21-11-8-9-18-26-21)24-16-10-17-25(24)28(22-12-4-2-5-13-22)23-14-6-3-7-15-23/h2-9,11-15,18,20,24-25,27H,10,16-17,19H2,1H3/t20-,24?,25?/m0/s1. The number of hydrogen-bond acceptors (Lipinski definition) is 2. The van der Waals surface area contributed by atoms with E-state index in [0.717, 1.165) is 17.9 Å². The summed E-state index contributed by atoms with van der Waals surface area (Å²) in [5.74, 6) is 0.704. The van der Waals surface area contributed by atoms with Crippen molar-refractivity contribution in [2.45, 2.75) is 44.4 Å². The van der Waals surface area contributed by atoms with E-state index < -0.39 is 0 Å². The van der Waals surface area contributed by atoms with Gasteiger partial charge in [0.15, 0.2) is 0 Å². The van der Waals surface area contributed by atoms with Crippen molar-refractivity contribution < 1.29 is 0 Å². The molecule has 0 radical (unpaired) electrons. The summed E-state index contributed by atoms with van der Waals surface area (Å²) in [6.07, 6.45) is 5.86. The lowest BCUT2D eigenvalue weighted by Crippen LogP contribution is -2.38. The molecule has 2 aromatic carbocycles. The highest BCUT2D eigenvalue weighted by atomic mass is 31.1. The topological polar surface area (TPSA) is 24.9 Å². The van der Waals surface area contributed by atoms with Crippen LogP contribution in [0.25, 0.3) is 0 Å². The van der Waals surface area contributed by atoms with E-state index in [9.17, 15) is 0 Å². The van der Waals surface area contributed by atoms with Crippen molar-refractivity contribution in [3.63, 3.8) is 0 Å². The van der Waals surface area contributed by atoms with E-state index in [1.165, 1.54) is 29.9 Å². The summed E-state index contributed by atoms with van der Waals surface area (Å²) in [4.78, 5) is 4.47. The van der Waals surface area contributed by atoms with Gasteiger partial charge in [0, 0.05) is 18.8 Å². The number of rotatable bonds is 7.